The average Bonchev–Trinajstić information content (AvgIpc) is 2.43. The number of hydrogen-bond acceptors (Lipinski definition) is 2. The van der Waals surface area contributed by atoms with Crippen molar-refractivity contribution in [3.05, 3.63) is 48.0 Å². The SMILES string of the molecule is CC/C(C)=N/NC(=O)c1cccc2ccccc12. The van der Waals surface area contributed by atoms with Gasteiger partial charge in [-0.05, 0) is 30.2 Å². The van der Waals surface area contributed by atoms with Gasteiger partial charge in [0.2, 0.25) is 0 Å². The number of nitrogens with zero attached hydrogens (tertiary/aromatic N) is 1. The summed E-state index contributed by atoms with van der Waals surface area (Å²) in [5, 5.41) is 6.05. The van der Waals surface area contributed by atoms with Gasteiger partial charge in [0.25, 0.3) is 5.91 Å². The van der Waals surface area contributed by atoms with Gasteiger partial charge >= 0.3 is 0 Å². The van der Waals surface area contributed by atoms with Gasteiger partial charge in [0, 0.05) is 11.3 Å². The van der Waals surface area contributed by atoms with Gasteiger partial charge in [0.15, 0.2) is 0 Å². The number of benzene rings is 2. The molecule has 0 saturated heterocycles. The van der Waals surface area contributed by atoms with Crippen LogP contribution in [0.5, 0.6) is 0 Å². The van der Waals surface area contributed by atoms with Crippen molar-refractivity contribution in [2.45, 2.75) is 20.3 Å². The van der Waals surface area contributed by atoms with Crippen molar-refractivity contribution in [3.63, 3.8) is 0 Å². The summed E-state index contributed by atoms with van der Waals surface area (Å²) in [6, 6.07) is 13.5. The summed E-state index contributed by atoms with van der Waals surface area (Å²) in [4.78, 5) is 12.1. The number of hydrazone groups is 1. The lowest BCUT2D eigenvalue weighted by Gasteiger charge is -2.05. The van der Waals surface area contributed by atoms with Crippen LogP contribution >= 0.6 is 0 Å². The molecule has 0 aliphatic heterocycles. The fraction of sp³-hybridized carbons (Fsp3) is 0.200. The number of rotatable bonds is 3. The number of hydrogen-bond donors (Lipinski definition) is 1. The van der Waals surface area contributed by atoms with Crippen LogP contribution < -0.4 is 5.43 Å². The van der Waals surface area contributed by atoms with Crippen molar-refractivity contribution in [1.82, 2.24) is 5.43 Å². The van der Waals surface area contributed by atoms with Crippen molar-refractivity contribution < 1.29 is 4.79 Å². The third-order valence-corrected chi connectivity index (χ3v) is 2.89. The average molecular weight is 240 g/mol. The van der Waals surface area contributed by atoms with Crippen molar-refractivity contribution >= 4 is 22.4 Å². The highest BCUT2D eigenvalue weighted by Crippen LogP contribution is 2.18. The summed E-state index contributed by atoms with van der Waals surface area (Å²) < 4.78 is 0. The number of fused-ring (bicyclic) bond motifs is 1. The van der Waals surface area contributed by atoms with Crippen molar-refractivity contribution in [2.75, 3.05) is 0 Å². The molecule has 0 aliphatic carbocycles. The highest BCUT2D eigenvalue weighted by atomic mass is 16.2. The van der Waals surface area contributed by atoms with Crippen molar-refractivity contribution in [3.8, 4) is 0 Å². The van der Waals surface area contributed by atoms with E-state index in [1.807, 2.05) is 56.3 Å². The lowest BCUT2D eigenvalue weighted by atomic mass is 10.0. The Kier molecular flexibility index (Phi) is 3.72. The van der Waals surface area contributed by atoms with Crippen LogP contribution in [0.15, 0.2) is 47.6 Å². The molecule has 0 saturated carbocycles. The van der Waals surface area contributed by atoms with E-state index in [1.54, 1.807) is 0 Å². The minimum Gasteiger partial charge on any atom is -0.267 e. The van der Waals surface area contributed by atoms with Crippen LogP contribution in [0.1, 0.15) is 30.6 Å². The first kappa shape index (κ1) is 12.3. The van der Waals surface area contributed by atoms with Gasteiger partial charge in [-0.15, -0.1) is 0 Å². The van der Waals surface area contributed by atoms with Gasteiger partial charge < -0.3 is 0 Å². The summed E-state index contributed by atoms with van der Waals surface area (Å²) in [6.45, 7) is 3.90. The Morgan fingerprint density at radius 1 is 1.17 bits per heavy atom. The molecular weight excluding hydrogens is 224 g/mol. The molecule has 0 heterocycles. The first-order valence-electron chi connectivity index (χ1n) is 6.03. The second-order valence-electron chi connectivity index (χ2n) is 4.17. The standard InChI is InChI=1S/C15H16N2O/c1-3-11(2)16-17-15(18)14-10-6-8-12-7-4-5-9-13(12)14/h4-10H,3H2,1-2H3,(H,17,18)/b16-11+. The molecule has 1 amide bonds. The third-order valence-electron chi connectivity index (χ3n) is 2.89. The lowest BCUT2D eigenvalue weighted by molar-refractivity contribution is 0.0956. The fourth-order valence-corrected chi connectivity index (χ4v) is 1.71. The van der Waals surface area contributed by atoms with E-state index in [1.165, 1.54) is 0 Å². The van der Waals surface area contributed by atoms with E-state index in [-0.39, 0.29) is 5.91 Å². The second-order valence-corrected chi connectivity index (χ2v) is 4.17. The molecule has 92 valence electrons. The maximum absolute atomic E-state index is 12.1. The normalized spacial score (nSPS) is 11.6. The lowest BCUT2D eigenvalue weighted by Crippen LogP contribution is -2.19. The van der Waals surface area contributed by atoms with E-state index < -0.39 is 0 Å². The highest BCUT2D eigenvalue weighted by molar-refractivity contribution is 6.07. The van der Waals surface area contributed by atoms with Crippen LogP contribution in [-0.4, -0.2) is 11.6 Å². The molecule has 0 radical (unpaired) electrons. The predicted octanol–water partition coefficient (Wildman–Crippen LogP) is 3.36. The number of carbonyl (C=O) groups excluding carboxylic acids is 1. The summed E-state index contributed by atoms with van der Waals surface area (Å²) >= 11 is 0. The zero-order valence-electron chi connectivity index (χ0n) is 10.6. The molecule has 2 aromatic carbocycles. The number of nitrogens with one attached hydrogen (secondary N) is 1. The molecule has 2 rings (SSSR count). The summed E-state index contributed by atoms with van der Waals surface area (Å²) in [5.74, 6) is -0.167. The Labute approximate surface area is 107 Å². The van der Waals surface area contributed by atoms with Crippen molar-refractivity contribution in [2.24, 2.45) is 5.10 Å². The monoisotopic (exact) mass is 240 g/mol. The minimum atomic E-state index is -0.167. The molecule has 0 bridgehead atoms. The van der Waals surface area contributed by atoms with Gasteiger partial charge in [-0.3, -0.25) is 4.79 Å². The van der Waals surface area contributed by atoms with Crippen LogP contribution in [0.2, 0.25) is 0 Å². The molecule has 18 heavy (non-hydrogen) atoms. The van der Waals surface area contributed by atoms with E-state index in [0.717, 1.165) is 22.9 Å². The predicted molar refractivity (Wildman–Crippen MR) is 74.8 cm³/mol. The van der Waals surface area contributed by atoms with Gasteiger partial charge in [0.05, 0.1) is 0 Å². The molecule has 0 aliphatic rings. The zero-order valence-corrected chi connectivity index (χ0v) is 10.6. The van der Waals surface area contributed by atoms with Crippen LogP contribution in [0.3, 0.4) is 0 Å². The summed E-state index contributed by atoms with van der Waals surface area (Å²) in [7, 11) is 0. The molecule has 1 N–H and O–H groups in total. The molecule has 0 fully saturated rings. The minimum absolute atomic E-state index is 0.167. The van der Waals surface area contributed by atoms with E-state index in [9.17, 15) is 4.79 Å². The van der Waals surface area contributed by atoms with E-state index in [4.69, 9.17) is 0 Å². The van der Waals surface area contributed by atoms with E-state index >= 15 is 0 Å². The van der Waals surface area contributed by atoms with Crippen molar-refractivity contribution in [1.29, 1.82) is 0 Å². The van der Waals surface area contributed by atoms with Crippen LogP contribution in [-0.2, 0) is 0 Å². The van der Waals surface area contributed by atoms with E-state index in [2.05, 4.69) is 10.5 Å². The Bertz CT molecular complexity index is 597. The maximum Gasteiger partial charge on any atom is 0.271 e. The molecule has 2 aromatic rings. The first-order chi connectivity index (χ1) is 8.72. The molecule has 3 nitrogen and oxygen atoms in total. The van der Waals surface area contributed by atoms with Crippen LogP contribution in [0.4, 0.5) is 0 Å². The topological polar surface area (TPSA) is 41.5 Å². The Morgan fingerprint density at radius 3 is 2.67 bits per heavy atom. The Morgan fingerprint density at radius 2 is 1.89 bits per heavy atom. The molecule has 0 unspecified atom stereocenters. The summed E-state index contributed by atoms with van der Waals surface area (Å²) in [6.07, 6.45) is 0.829. The molecular formula is C15H16N2O. The Balaban J connectivity index is 2.33. The Hall–Kier alpha value is -2.16. The third kappa shape index (κ3) is 2.56. The fourth-order valence-electron chi connectivity index (χ4n) is 1.71. The van der Waals surface area contributed by atoms with Gasteiger partial charge in [-0.1, -0.05) is 43.3 Å². The zero-order chi connectivity index (χ0) is 13.0. The van der Waals surface area contributed by atoms with Crippen LogP contribution in [0.25, 0.3) is 10.8 Å². The van der Waals surface area contributed by atoms with E-state index in [0.29, 0.717) is 5.56 Å². The maximum atomic E-state index is 12.1. The molecule has 0 spiro atoms. The number of carbonyl (C=O) groups is 1. The van der Waals surface area contributed by atoms with Gasteiger partial charge in [-0.2, -0.15) is 5.10 Å². The highest BCUT2D eigenvalue weighted by Gasteiger charge is 2.08. The van der Waals surface area contributed by atoms with Gasteiger partial charge in [0.1, 0.15) is 0 Å². The van der Waals surface area contributed by atoms with Crippen LogP contribution in [0, 0.1) is 0 Å². The smallest absolute Gasteiger partial charge is 0.267 e. The number of amides is 1. The molecule has 3 heteroatoms. The first-order valence-corrected chi connectivity index (χ1v) is 6.03. The quantitative estimate of drug-likeness (QED) is 0.648. The largest absolute Gasteiger partial charge is 0.271 e. The molecule has 0 aromatic heterocycles. The van der Waals surface area contributed by atoms with Gasteiger partial charge in [-0.25, -0.2) is 5.43 Å². The second kappa shape index (κ2) is 5.45. The summed E-state index contributed by atoms with van der Waals surface area (Å²) in [5.41, 5.74) is 4.15. The molecule has 0 atom stereocenters.